The zero-order valence-electron chi connectivity index (χ0n) is 20.4. The first-order valence-corrected chi connectivity index (χ1v) is 11.7. The number of phenolic OH excluding ortho intramolecular Hbond substituents is 2. The minimum Gasteiger partial charge on any atom is -0.508 e. The lowest BCUT2D eigenvalue weighted by Gasteiger charge is -2.11. The van der Waals surface area contributed by atoms with Gasteiger partial charge in [0.1, 0.15) is 11.5 Å². The predicted molar refractivity (Wildman–Crippen MR) is 189 cm³/mol. The van der Waals surface area contributed by atoms with Crippen molar-refractivity contribution in [2.45, 2.75) is 65.0 Å². The Bertz CT molecular complexity index is 1520. The second-order valence-corrected chi connectivity index (χ2v) is 8.61. The van der Waals surface area contributed by atoms with Gasteiger partial charge in [-0.1, -0.05) is 88.4 Å². The summed E-state index contributed by atoms with van der Waals surface area (Å²) >= 11 is 0. The minimum absolute atomic E-state index is 0. The molecule has 0 saturated heterocycles. The van der Waals surface area contributed by atoms with Gasteiger partial charge in [-0.3, -0.25) is 15.1 Å². The second kappa shape index (κ2) is 21.4. The number of carboxylic acids is 2. The molecule has 10 heteroatoms. The summed E-state index contributed by atoms with van der Waals surface area (Å²) < 4.78 is 0. The number of carbonyl (C=O) groups is 3. The van der Waals surface area contributed by atoms with Crippen molar-refractivity contribution in [1.29, 1.82) is 0 Å². The third-order valence-electron chi connectivity index (χ3n) is 5.78. The first kappa shape index (κ1) is 47.6. The molecule has 0 atom stereocenters. The highest BCUT2D eigenvalue weighted by Crippen LogP contribution is 2.22. The Kier molecular flexibility index (Phi) is 22.1. The standard InChI is InChI=1S/C29H24N2O8.7CH4/c32-21-9-11-23(24(14-21)28(35)36)27(34)30-20-7-5-18(6-8-20)13-17-1-3-19(4-2-17)16-39-31-26-12-10-22(33)15-25(26)29(37)38;;;;;;;/h1-12,14-15,31-33H,13,16H2,(H,30,34)(H,35,36)(H,37,38);7*1H4. The number of hydrogen-bond donors (Lipinski definition) is 6. The van der Waals surface area contributed by atoms with Crippen LogP contribution in [0.2, 0.25) is 0 Å². The van der Waals surface area contributed by atoms with E-state index in [-0.39, 0.29) is 92.5 Å². The molecule has 4 aromatic rings. The molecule has 0 aliphatic heterocycles. The first-order valence-electron chi connectivity index (χ1n) is 11.7. The van der Waals surface area contributed by atoms with Crippen LogP contribution in [0.15, 0.2) is 84.9 Å². The predicted octanol–water partition coefficient (Wildman–Crippen LogP) is 9.33. The van der Waals surface area contributed by atoms with E-state index >= 15 is 0 Å². The summed E-state index contributed by atoms with van der Waals surface area (Å²) in [5, 5.41) is 40.2. The van der Waals surface area contributed by atoms with E-state index in [0.717, 1.165) is 28.8 Å². The lowest BCUT2D eigenvalue weighted by Crippen LogP contribution is -2.16. The fourth-order valence-corrected chi connectivity index (χ4v) is 3.80. The Morgan fingerprint density at radius 3 is 1.54 bits per heavy atom. The molecule has 6 N–H and O–H groups in total. The van der Waals surface area contributed by atoms with Crippen molar-refractivity contribution in [1.82, 2.24) is 0 Å². The number of nitrogens with one attached hydrogen (secondary N) is 2. The van der Waals surface area contributed by atoms with Crippen LogP contribution in [-0.2, 0) is 17.9 Å². The lowest BCUT2D eigenvalue weighted by atomic mass is 10.0. The van der Waals surface area contributed by atoms with Crippen molar-refractivity contribution < 1.29 is 39.6 Å². The zero-order chi connectivity index (χ0) is 27.9. The molecule has 0 saturated carbocycles. The summed E-state index contributed by atoms with van der Waals surface area (Å²) in [6.07, 6.45) is 0.629. The Balaban J connectivity index is -0.00000126. The van der Waals surface area contributed by atoms with Crippen molar-refractivity contribution in [3.05, 3.63) is 118 Å². The highest BCUT2D eigenvalue weighted by Gasteiger charge is 2.17. The third kappa shape index (κ3) is 12.3. The van der Waals surface area contributed by atoms with Crippen LogP contribution in [0.4, 0.5) is 11.4 Å². The maximum absolute atomic E-state index is 12.6. The third-order valence-corrected chi connectivity index (χ3v) is 5.78. The molecular formula is C36H52N2O8. The Morgan fingerprint density at radius 2 is 1.02 bits per heavy atom. The van der Waals surface area contributed by atoms with Crippen molar-refractivity contribution in [3.63, 3.8) is 0 Å². The van der Waals surface area contributed by atoms with Crippen molar-refractivity contribution in [2.75, 3.05) is 10.8 Å². The molecule has 10 nitrogen and oxygen atoms in total. The van der Waals surface area contributed by atoms with E-state index < -0.39 is 17.8 Å². The van der Waals surface area contributed by atoms with E-state index in [1.165, 1.54) is 24.3 Å². The number of carboxylic acid groups (broad SMARTS) is 2. The summed E-state index contributed by atoms with van der Waals surface area (Å²) in [6.45, 7) is 0.180. The van der Waals surface area contributed by atoms with Crippen LogP contribution < -0.4 is 10.8 Å². The van der Waals surface area contributed by atoms with Crippen LogP contribution in [0.25, 0.3) is 0 Å². The van der Waals surface area contributed by atoms with E-state index in [9.17, 15) is 34.8 Å². The number of rotatable bonds is 10. The van der Waals surface area contributed by atoms with Gasteiger partial charge >= 0.3 is 11.9 Å². The Hall–Kier alpha value is -5.35. The Morgan fingerprint density at radius 1 is 0.565 bits per heavy atom. The molecular weight excluding hydrogens is 588 g/mol. The van der Waals surface area contributed by atoms with Gasteiger partial charge in [0.25, 0.3) is 5.91 Å². The molecule has 0 radical (unpaired) electrons. The molecule has 0 fully saturated rings. The average Bonchev–Trinajstić information content (AvgIpc) is 2.91. The highest BCUT2D eigenvalue weighted by molar-refractivity contribution is 6.10. The van der Waals surface area contributed by atoms with Gasteiger partial charge in [0.2, 0.25) is 0 Å². The van der Waals surface area contributed by atoms with E-state index in [4.69, 9.17) is 4.84 Å². The topological polar surface area (TPSA) is 165 Å². The van der Waals surface area contributed by atoms with Crippen LogP contribution in [-0.4, -0.2) is 38.3 Å². The molecule has 0 heterocycles. The molecule has 254 valence electrons. The van der Waals surface area contributed by atoms with Crippen molar-refractivity contribution in [2.24, 2.45) is 0 Å². The zero-order valence-corrected chi connectivity index (χ0v) is 20.4. The van der Waals surface area contributed by atoms with Gasteiger partial charge in [0.15, 0.2) is 0 Å². The molecule has 0 unspecified atom stereocenters. The number of hydrogen-bond acceptors (Lipinski definition) is 7. The van der Waals surface area contributed by atoms with Crippen LogP contribution in [0, 0.1) is 0 Å². The molecule has 0 aromatic heterocycles. The fraction of sp³-hybridized carbons (Fsp3) is 0.250. The van der Waals surface area contributed by atoms with Gasteiger partial charge in [-0.25, -0.2) is 9.59 Å². The quantitative estimate of drug-likeness (QED) is 0.0731. The van der Waals surface area contributed by atoms with Gasteiger partial charge in [-0.15, -0.1) is 0 Å². The summed E-state index contributed by atoms with van der Waals surface area (Å²) in [5.41, 5.74) is 5.73. The minimum atomic E-state index is -1.31. The van der Waals surface area contributed by atoms with Crippen LogP contribution in [0.5, 0.6) is 11.5 Å². The molecule has 0 spiro atoms. The molecule has 1 amide bonds. The number of benzene rings is 4. The number of anilines is 2. The normalized spacial score (nSPS) is 8.96. The Labute approximate surface area is 274 Å². The second-order valence-electron chi connectivity index (χ2n) is 8.61. The van der Waals surface area contributed by atoms with Crippen LogP contribution in [0.3, 0.4) is 0 Å². The van der Waals surface area contributed by atoms with Gasteiger partial charge < -0.3 is 25.7 Å². The first-order chi connectivity index (χ1) is 18.7. The number of phenols is 2. The SMILES string of the molecule is C.C.C.C.C.C.C.O=C(O)c1cc(O)ccc1NOCc1ccc(Cc2ccc(NC(=O)c3ccc(O)cc3C(=O)O)cc2)cc1. The molecule has 0 aliphatic rings. The number of amides is 1. The van der Waals surface area contributed by atoms with E-state index in [1.807, 2.05) is 36.4 Å². The monoisotopic (exact) mass is 640 g/mol. The maximum atomic E-state index is 12.6. The van der Waals surface area contributed by atoms with E-state index in [1.54, 1.807) is 12.1 Å². The van der Waals surface area contributed by atoms with E-state index in [0.29, 0.717) is 12.1 Å². The molecule has 0 aliphatic carbocycles. The smallest absolute Gasteiger partial charge is 0.338 e. The summed E-state index contributed by atoms with van der Waals surface area (Å²) in [6, 6.07) is 22.2. The van der Waals surface area contributed by atoms with Crippen LogP contribution >= 0.6 is 0 Å². The highest BCUT2D eigenvalue weighted by atomic mass is 16.6. The lowest BCUT2D eigenvalue weighted by molar-refractivity contribution is 0.0684. The summed E-state index contributed by atoms with van der Waals surface area (Å²) in [7, 11) is 0. The summed E-state index contributed by atoms with van der Waals surface area (Å²) in [5.74, 6) is -3.51. The largest absolute Gasteiger partial charge is 0.508 e. The maximum Gasteiger partial charge on any atom is 0.338 e. The average molecular weight is 641 g/mol. The van der Waals surface area contributed by atoms with Gasteiger partial charge in [0.05, 0.1) is 29.0 Å². The molecule has 4 rings (SSSR count). The molecule has 4 aromatic carbocycles. The van der Waals surface area contributed by atoms with Gasteiger partial charge in [0, 0.05) is 5.69 Å². The van der Waals surface area contributed by atoms with Crippen molar-refractivity contribution in [3.8, 4) is 11.5 Å². The molecule has 0 bridgehead atoms. The summed E-state index contributed by atoms with van der Waals surface area (Å²) in [4.78, 5) is 40.7. The van der Waals surface area contributed by atoms with Crippen molar-refractivity contribution >= 4 is 29.2 Å². The fourth-order valence-electron chi connectivity index (χ4n) is 3.80. The number of carbonyl (C=O) groups excluding carboxylic acids is 1. The number of aromatic carboxylic acids is 2. The molecule has 46 heavy (non-hydrogen) atoms. The van der Waals surface area contributed by atoms with Crippen LogP contribution in [0.1, 0.15) is 99.8 Å². The van der Waals surface area contributed by atoms with E-state index in [2.05, 4.69) is 10.8 Å². The van der Waals surface area contributed by atoms with Gasteiger partial charge in [-0.05, 0) is 71.6 Å². The van der Waals surface area contributed by atoms with Gasteiger partial charge in [-0.2, -0.15) is 0 Å². The number of aromatic hydroxyl groups is 2.